The normalized spacial score (nSPS) is 22.5. The van der Waals surface area contributed by atoms with Gasteiger partial charge in [0, 0.05) is 18.3 Å². The molecule has 0 bridgehead atoms. The van der Waals surface area contributed by atoms with E-state index < -0.39 is 0 Å². The van der Waals surface area contributed by atoms with Gasteiger partial charge in [0.1, 0.15) is 5.75 Å². The van der Waals surface area contributed by atoms with Gasteiger partial charge in [0.2, 0.25) is 0 Å². The molecule has 1 aromatic heterocycles. The number of hydrogen-bond donors (Lipinski definition) is 2. The van der Waals surface area contributed by atoms with Crippen LogP contribution in [-0.2, 0) is 6.42 Å². The summed E-state index contributed by atoms with van der Waals surface area (Å²) in [7, 11) is 1.70. The van der Waals surface area contributed by atoms with E-state index in [1.165, 1.54) is 11.1 Å². The molecule has 1 aliphatic heterocycles. The summed E-state index contributed by atoms with van der Waals surface area (Å²) in [4.78, 5) is 14.9. The molecule has 6 heteroatoms. The number of piperidine rings is 1. The number of hydrogen-bond acceptors (Lipinski definition) is 3. The molecule has 2 aromatic rings. The summed E-state index contributed by atoms with van der Waals surface area (Å²) >= 11 is 0. The average molecular weight is 340 g/mol. The number of fused-ring (bicyclic) bond motifs is 1. The molecule has 0 radical (unpaired) electrons. The lowest BCUT2D eigenvalue weighted by molar-refractivity contribution is 0.148. The van der Waals surface area contributed by atoms with Gasteiger partial charge in [0.25, 0.3) is 0 Å². The van der Waals surface area contributed by atoms with Crippen LogP contribution in [0.15, 0.2) is 30.6 Å². The number of ether oxygens (including phenoxy) is 1. The van der Waals surface area contributed by atoms with Crippen LogP contribution in [0, 0.1) is 0 Å². The maximum absolute atomic E-state index is 13.0. The molecule has 1 saturated heterocycles. The van der Waals surface area contributed by atoms with Crippen molar-refractivity contribution in [3.8, 4) is 5.75 Å². The minimum Gasteiger partial charge on any atom is -0.496 e. The number of urea groups is 1. The summed E-state index contributed by atoms with van der Waals surface area (Å²) in [5.41, 5.74) is 3.49. The SMILES string of the molecule is COc1cccc2c1CC[C@H]2NC(=O)N1CCCC[C@H]1c1cn[nH]c1. The Morgan fingerprint density at radius 1 is 1.36 bits per heavy atom. The Balaban J connectivity index is 1.51. The third-order valence-corrected chi connectivity index (χ3v) is 5.41. The van der Waals surface area contributed by atoms with Crippen molar-refractivity contribution in [1.82, 2.24) is 20.4 Å². The molecule has 4 rings (SSSR count). The van der Waals surface area contributed by atoms with E-state index in [1.54, 1.807) is 7.11 Å². The maximum Gasteiger partial charge on any atom is 0.318 e. The molecular formula is C19H24N4O2. The molecule has 1 aromatic carbocycles. The first kappa shape index (κ1) is 16.0. The van der Waals surface area contributed by atoms with Gasteiger partial charge in [-0.05, 0) is 49.3 Å². The molecule has 2 heterocycles. The van der Waals surface area contributed by atoms with Crippen LogP contribution >= 0.6 is 0 Å². The van der Waals surface area contributed by atoms with Crippen molar-refractivity contribution in [1.29, 1.82) is 0 Å². The summed E-state index contributed by atoms with van der Waals surface area (Å²) in [6.45, 7) is 0.791. The molecule has 0 spiro atoms. The Morgan fingerprint density at radius 2 is 2.28 bits per heavy atom. The molecule has 25 heavy (non-hydrogen) atoms. The fourth-order valence-corrected chi connectivity index (χ4v) is 4.16. The monoisotopic (exact) mass is 340 g/mol. The average Bonchev–Trinajstić information content (AvgIpc) is 3.32. The zero-order valence-electron chi connectivity index (χ0n) is 14.5. The van der Waals surface area contributed by atoms with Crippen molar-refractivity contribution in [3.63, 3.8) is 0 Å². The largest absolute Gasteiger partial charge is 0.496 e. The minimum absolute atomic E-state index is 0.0200. The van der Waals surface area contributed by atoms with E-state index in [1.807, 2.05) is 29.4 Å². The van der Waals surface area contributed by atoms with Crippen molar-refractivity contribution in [2.75, 3.05) is 13.7 Å². The van der Waals surface area contributed by atoms with E-state index in [2.05, 4.69) is 21.6 Å². The number of H-pyrrole nitrogens is 1. The van der Waals surface area contributed by atoms with Crippen molar-refractivity contribution in [3.05, 3.63) is 47.3 Å². The fraction of sp³-hybridized carbons (Fsp3) is 0.474. The number of methoxy groups -OCH3 is 1. The van der Waals surface area contributed by atoms with Crippen LogP contribution in [0.4, 0.5) is 4.79 Å². The standard InChI is InChI=1S/C19H24N4O2/c1-25-18-7-4-5-14-15(18)8-9-16(14)22-19(24)23-10-3-2-6-17(23)13-11-20-21-12-13/h4-5,7,11-12,16-17H,2-3,6,8-10H2,1H3,(H,20,21)(H,22,24)/t16-,17+/m1/s1. The number of likely N-dealkylation sites (tertiary alicyclic amines) is 1. The highest BCUT2D eigenvalue weighted by Crippen LogP contribution is 2.37. The fourth-order valence-electron chi connectivity index (χ4n) is 4.16. The smallest absolute Gasteiger partial charge is 0.318 e. The van der Waals surface area contributed by atoms with Crippen LogP contribution < -0.4 is 10.1 Å². The highest BCUT2D eigenvalue weighted by atomic mass is 16.5. The van der Waals surface area contributed by atoms with Gasteiger partial charge in [-0.1, -0.05) is 12.1 Å². The first-order valence-electron chi connectivity index (χ1n) is 8.99. The molecule has 1 aliphatic carbocycles. The predicted molar refractivity (Wildman–Crippen MR) is 94.5 cm³/mol. The lowest BCUT2D eigenvalue weighted by Gasteiger charge is -2.36. The second-order valence-electron chi connectivity index (χ2n) is 6.81. The number of aromatic nitrogens is 2. The highest BCUT2D eigenvalue weighted by Gasteiger charge is 2.32. The highest BCUT2D eigenvalue weighted by molar-refractivity contribution is 5.75. The summed E-state index contributed by atoms with van der Waals surface area (Å²) in [6, 6.07) is 6.27. The Kier molecular flexibility index (Phi) is 4.34. The van der Waals surface area contributed by atoms with Crippen molar-refractivity contribution >= 4 is 6.03 Å². The van der Waals surface area contributed by atoms with E-state index in [-0.39, 0.29) is 18.1 Å². The minimum atomic E-state index is 0.0200. The third-order valence-electron chi connectivity index (χ3n) is 5.41. The second kappa shape index (κ2) is 6.78. The third kappa shape index (κ3) is 2.97. The summed E-state index contributed by atoms with van der Waals surface area (Å²) in [5.74, 6) is 0.920. The molecule has 0 unspecified atom stereocenters. The molecule has 0 saturated carbocycles. The molecule has 2 N–H and O–H groups in total. The van der Waals surface area contributed by atoms with Gasteiger partial charge in [-0.3, -0.25) is 5.10 Å². The van der Waals surface area contributed by atoms with Crippen LogP contribution in [0.5, 0.6) is 5.75 Å². The van der Waals surface area contributed by atoms with Gasteiger partial charge in [0.15, 0.2) is 0 Å². The first-order chi connectivity index (χ1) is 12.3. The molecule has 2 atom stereocenters. The van der Waals surface area contributed by atoms with E-state index in [0.29, 0.717) is 0 Å². The quantitative estimate of drug-likeness (QED) is 0.900. The Hall–Kier alpha value is -2.50. The van der Waals surface area contributed by atoms with Gasteiger partial charge >= 0.3 is 6.03 Å². The van der Waals surface area contributed by atoms with Gasteiger partial charge in [-0.2, -0.15) is 5.10 Å². The van der Waals surface area contributed by atoms with Crippen LogP contribution in [0.1, 0.15) is 54.5 Å². The lowest BCUT2D eigenvalue weighted by atomic mass is 9.98. The van der Waals surface area contributed by atoms with Gasteiger partial charge in [0.05, 0.1) is 25.4 Å². The lowest BCUT2D eigenvalue weighted by Crippen LogP contribution is -2.45. The van der Waals surface area contributed by atoms with Crippen molar-refractivity contribution in [2.45, 2.75) is 44.2 Å². The summed E-state index contributed by atoms with van der Waals surface area (Å²) in [6.07, 6.45) is 8.76. The Labute approximate surface area is 147 Å². The van der Waals surface area contributed by atoms with E-state index in [0.717, 1.165) is 50.0 Å². The Morgan fingerprint density at radius 3 is 3.08 bits per heavy atom. The number of rotatable bonds is 3. The van der Waals surface area contributed by atoms with Crippen LogP contribution in [0.3, 0.4) is 0 Å². The van der Waals surface area contributed by atoms with E-state index in [9.17, 15) is 4.79 Å². The maximum atomic E-state index is 13.0. The zero-order valence-corrected chi connectivity index (χ0v) is 14.5. The number of amides is 2. The van der Waals surface area contributed by atoms with Gasteiger partial charge in [-0.15, -0.1) is 0 Å². The molecule has 6 nitrogen and oxygen atoms in total. The van der Waals surface area contributed by atoms with E-state index in [4.69, 9.17) is 4.74 Å². The Bertz CT molecular complexity index is 744. The second-order valence-corrected chi connectivity index (χ2v) is 6.81. The number of nitrogens with zero attached hydrogens (tertiary/aromatic N) is 2. The van der Waals surface area contributed by atoms with E-state index >= 15 is 0 Å². The molecule has 2 amide bonds. The molecular weight excluding hydrogens is 316 g/mol. The summed E-state index contributed by atoms with van der Waals surface area (Å²) in [5, 5.41) is 10.2. The number of benzene rings is 1. The van der Waals surface area contributed by atoms with Gasteiger partial charge in [-0.25, -0.2) is 4.79 Å². The number of nitrogens with one attached hydrogen (secondary N) is 2. The number of carbonyl (C=O) groups is 1. The molecule has 1 fully saturated rings. The van der Waals surface area contributed by atoms with Crippen LogP contribution in [0.2, 0.25) is 0 Å². The summed E-state index contributed by atoms with van der Waals surface area (Å²) < 4.78 is 5.46. The first-order valence-corrected chi connectivity index (χ1v) is 8.99. The topological polar surface area (TPSA) is 70.2 Å². The zero-order chi connectivity index (χ0) is 17.2. The predicted octanol–water partition coefficient (Wildman–Crippen LogP) is 3.34. The molecule has 2 aliphatic rings. The number of aromatic amines is 1. The van der Waals surface area contributed by atoms with Crippen molar-refractivity contribution < 1.29 is 9.53 Å². The van der Waals surface area contributed by atoms with Crippen LogP contribution in [-0.4, -0.2) is 34.8 Å². The van der Waals surface area contributed by atoms with Crippen molar-refractivity contribution in [2.24, 2.45) is 0 Å². The van der Waals surface area contributed by atoms with Gasteiger partial charge < -0.3 is 15.0 Å². The molecule has 132 valence electrons. The number of carbonyl (C=O) groups excluding carboxylic acids is 1. The van der Waals surface area contributed by atoms with Crippen LogP contribution in [0.25, 0.3) is 0 Å².